The summed E-state index contributed by atoms with van der Waals surface area (Å²) in [4.78, 5) is 7.54. The number of hydrogen-bond donors (Lipinski definition) is 1. The summed E-state index contributed by atoms with van der Waals surface area (Å²) in [5.74, 6) is 0. The molecule has 7 heteroatoms. The van der Waals surface area contributed by atoms with Crippen molar-refractivity contribution in [2.24, 2.45) is 0 Å². The standard InChI is InChI=1S/C17H19N5OS/c1-10-8-22(9-11(2)23-10)15-6-20-21-14-4-3-12(5-13(14)15)16-7-19-17(18)24-16/h3-7,10-11H,8-9H2,1-2H3,(H2,18,19)/t10-,11+. The molecule has 0 aliphatic carbocycles. The third-order valence-electron chi connectivity index (χ3n) is 4.19. The normalized spacial score (nSPS) is 21.3. The number of anilines is 2. The minimum atomic E-state index is 0.196. The van der Waals surface area contributed by atoms with E-state index in [1.165, 1.54) is 11.3 Å². The van der Waals surface area contributed by atoms with Gasteiger partial charge in [-0.2, -0.15) is 10.2 Å². The first-order valence-electron chi connectivity index (χ1n) is 7.97. The number of fused-ring (bicyclic) bond motifs is 1. The van der Waals surface area contributed by atoms with Crippen molar-refractivity contribution in [3.63, 3.8) is 0 Å². The van der Waals surface area contributed by atoms with Crippen LogP contribution in [-0.4, -0.2) is 40.5 Å². The molecule has 2 N–H and O–H groups in total. The number of ether oxygens (including phenoxy) is 1. The van der Waals surface area contributed by atoms with Crippen molar-refractivity contribution < 1.29 is 4.74 Å². The van der Waals surface area contributed by atoms with Crippen LogP contribution >= 0.6 is 11.3 Å². The van der Waals surface area contributed by atoms with Crippen LogP contribution in [-0.2, 0) is 4.74 Å². The Labute approximate surface area is 144 Å². The zero-order valence-corrected chi connectivity index (χ0v) is 14.5. The Morgan fingerprint density at radius 2 is 2.00 bits per heavy atom. The van der Waals surface area contributed by atoms with Crippen LogP contribution in [0, 0.1) is 0 Å². The van der Waals surface area contributed by atoms with E-state index in [-0.39, 0.29) is 12.2 Å². The molecule has 0 radical (unpaired) electrons. The highest BCUT2D eigenvalue weighted by molar-refractivity contribution is 7.18. The van der Waals surface area contributed by atoms with Gasteiger partial charge in [0, 0.05) is 24.7 Å². The Balaban J connectivity index is 1.80. The van der Waals surface area contributed by atoms with Crippen LogP contribution in [0.3, 0.4) is 0 Å². The smallest absolute Gasteiger partial charge is 0.180 e. The van der Waals surface area contributed by atoms with Gasteiger partial charge in [-0.25, -0.2) is 4.98 Å². The molecule has 2 atom stereocenters. The van der Waals surface area contributed by atoms with Gasteiger partial charge in [-0.1, -0.05) is 17.4 Å². The topological polar surface area (TPSA) is 77.2 Å². The number of aromatic nitrogens is 3. The Bertz CT molecular complexity index is 870. The van der Waals surface area contributed by atoms with E-state index in [0.717, 1.165) is 40.1 Å². The molecule has 24 heavy (non-hydrogen) atoms. The monoisotopic (exact) mass is 341 g/mol. The first-order chi connectivity index (χ1) is 11.6. The molecule has 0 saturated carbocycles. The van der Waals surface area contributed by atoms with Crippen LogP contribution in [0.4, 0.5) is 10.8 Å². The van der Waals surface area contributed by atoms with Crippen LogP contribution in [0.2, 0.25) is 0 Å². The second-order valence-corrected chi connectivity index (χ2v) is 7.25. The second kappa shape index (κ2) is 5.99. The van der Waals surface area contributed by atoms with Crippen molar-refractivity contribution in [3.8, 4) is 10.4 Å². The lowest BCUT2D eigenvalue weighted by Crippen LogP contribution is -2.45. The Morgan fingerprint density at radius 1 is 1.21 bits per heavy atom. The molecule has 6 nitrogen and oxygen atoms in total. The van der Waals surface area contributed by atoms with Crippen LogP contribution in [0.1, 0.15) is 13.8 Å². The van der Waals surface area contributed by atoms with Gasteiger partial charge < -0.3 is 15.4 Å². The maximum absolute atomic E-state index is 5.85. The van der Waals surface area contributed by atoms with E-state index in [2.05, 4.69) is 40.0 Å². The second-order valence-electron chi connectivity index (χ2n) is 6.19. The number of nitrogens with two attached hydrogens (primary N) is 1. The average Bonchev–Trinajstić information content (AvgIpc) is 2.99. The summed E-state index contributed by atoms with van der Waals surface area (Å²) < 4.78 is 5.85. The number of nitrogen functional groups attached to an aromatic ring is 1. The summed E-state index contributed by atoms with van der Waals surface area (Å²) in [5, 5.41) is 10.1. The summed E-state index contributed by atoms with van der Waals surface area (Å²) in [6.45, 7) is 5.90. The summed E-state index contributed by atoms with van der Waals surface area (Å²) in [5.41, 5.74) is 8.85. The van der Waals surface area contributed by atoms with Gasteiger partial charge in [0.05, 0.1) is 34.5 Å². The summed E-state index contributed by atoms with van der Waals surface area (Å²) in [7, 11) is 0. The van der Waals surface area contributed by atoms with Crippen molar-refractivity contribution >= 4 is 33.1 Å². The van der Waals surface area contributed by atoms with E-state index < -0.39 is 0 Å². The van der Waals surface area contributed by atoms with E-state index in [9.17, 15) is 0 Å². The highest BCUT2D eigenvalue weighted by Gasteiger charge is 2.24. The molecule has 1 aromatic carbocycles. The third-order valence-corrected chi connectivity index (χ3v) is 5.06. The Hall–Kier alpha value is -2.25. The Morgan fingerprint density at radius 3 is 2.71 bits per heavy atom. The van der Waals surface area contributed by atoms with Crippen LogP contribution in [0.25, 0.3) is 21.3 Å². The molecule has 1 aliphatic rings. The van der Waals surface area contributed by atoms with Gasteiger partial charge in [-0.05, 0) is 31.5 Å². The maximum Gasteiger partial charge on any atom is 0.180 e. The first kappa shape index (κ1) is 15.3. The first-order valence-corrected chi connectivity index (χ1v) is 8.79. The molecule has 3 heterocycles. The molecule has 0 amide bonds. The maximum atomic E-state index is 5.85. The lowest BCUT2D eigenvalue weighted by molar-refractivity contribution is -0.00515. The highest BCUT2D eigenvalue weighted by atomic mass is 32.1. The number of hydrogen-bond acceptors (Lipinski definition) is 7. The molecular weight excluding hydrogens is 322 g/mol. The molecule has 1 saturated heterocycles. The van der Waals surface area contributed by atoms with Gasteiger partial charge in [0.15, 0.2) is 5.13 Å². The molecule has 0 unspecified atom stereocenters. The number of nitrogens with zero attached hydrogens (tertiary/aromatic N) is 4. The van der Waals surface area contributed by atoms with Gasteiger partial charge in [-0.15, -0.1) is 0 Å². The fraction of sp³-hybridized carbons (Fsp3) is 0.353. The van der Waals surface area contributed by atoms with E-state index in [1.54, 1.807) is 0 Å². The van der Waals surface area contributed by atoms with Crippen molar-refractivity contribution in [2.45, 2.75) is 26.1 Å². The molecule has 3 aromatic rings. The highest BCUT2D eigenvalue weighted by Crippen LogP contribution is 2.33. The molecule has 1 aliphatic heterocycles. The average molecular weight is 341 g/mol. The van der Waals surface area contributed by atoms with E-state index in [0.29, 0.717) is 5.13 Å². The lowest BCUT2D eigenvalue weighted by atomic mass is 10.1. The number of benzene rings is 1. The van der Waals surface area contributed by atoms with Crippen LogP contribution in [0.15, 0.2) is 30.6 Å². The largest absolute Gasteiger partial charge is 0.375 e. The number of thiazole rings is 1. The van der Waals surface area contributed by atoms with Crippen molar-refractivity contribution in [2.75, 3.05) is 23.7 Å². The fourth-order valence-corrected chi connectivity index (χ4v) is 3.93. The number of rotatable bonds is 2. The van der Waals surface area contributed by atoms with Crippen molar-refractivity contribution in [1.82, 2.24) is 15.2 Å². The molecule has 1 fully saturated rings. The van der Waals surface area contributed by atoms with Crippen molar-refractivity contribution in [3.05, 3.63) is 30.6 Å². The van der Waals surface area contributed by atoms with Gasteiger partial charge in [0.1, 0.15) is 0 Å². The fourth-order valence-electron chi connectivity index (χ4n) is 3.24. The third kappa shape index (κ3) is 2.81. The predicted octanol–water partition coefficient (Wildman–Crippen LogP) is 2.95. The van der Waals surface area contributed by atoms with Gasteiger partial charge in [0.2, 0.25) is 0 Å². The van der Waals surface area contributed by atoms with Crippen LogP contribution in [0.5, 0.6) is 0 Å². The molecule has 4 rings (SSSR count). The summed E-state index contributed by atoms with van der Waals surface area (Å²) in [6, 6.07) is 6.19. The quantitative estimate of drug-likeness (QED) is 0.772. The molecule has 0 spiro atoms. The summed E-state index contributed by atoms with van der Waals surface area (Å²) in [6.07, 6.45) is 4.05. The van der Waals surface area contributed by atoms with Gasteiger partial charge in [-0.3, -0.25) is 0 Å². The molecular formula is C17H19N5OS. The van der Waals surface area contributed by atoms with Crippen LogP contribution < -0.4 is 10.6 Å². The zero-order chi connectivity index (χ0) is 16.7. The summed E-state index contributed by atoms with van der Waals surface area (Å²) >= 11 is 1.49. The molecule has 124 valence electrons. The van der Waals surface area contributed by atoms with E-state index >= 15 is 0 Å². The number of morpholine rings is 1. The van der Waals surface area contributed by atoms with Gasteiger partial charge >= 0.3 is 0 Å². The minimum Gasteiger partial charge on any atom is -0.375 e. The van der Waals surface area contributed by atoms with E-state index in [4.69, 9.17) is 10.5 Å². The molecule has 0 bridgehead atoms. The lowest BCUT2D eigenvalue weighted by Gasteiger charge is -2.37. The Kier molecular flexibility index (Phi) is 3.82. The predicted molar refractivity (Wildman–Crippen MR) is 97.3 cm³/mol. The van der Waals surface area contributed by atoms with E-state index in [1.807, 2.05) is 24.5 Å². The SMILES string of the molecule is C[C@@H]1CN(c2cnnc3ccc(-c4cnc(N)s4)cc23)C[C@H](C)O1. The zero-order valence-electron chi connectivity index (χ0n) is 13.6. The van der Waals surface area contributed by atoms with Gasteiger partial charge in [0.25, 0.3) is 0 Å². The minimum absolute atomic E-state index is 0.196. The molecule has 2 aromatic heterocycles. The van der Waals surface area contributed by atoms with Crippen molar-refractivity contribution in [1.29, 1.82) is 0 Å².